The van der Waals surface area contributed by atoms with E-state index < -0.39 is 5.97 Å². The van der Waals surface area contributed by atoms with Crippen LogP contribution >= 0.6 is 0 Å². The molecule has 0 bridgehead atoms. The lowest BCUT2D eigenvalue weighted by Gasteiger charge is -2.40. The van der Waals surface area contributed by atoms with Gasteiger partial charge in [0.15, 0.2) is 5.75 Å². The second kappa shape index (κ2) is 13.6. The lowest BCUT2D eigenvalue weighted by molar-refractivity contribution is -0.217. The van der Waals surface area contributed by atoms with Crippen LogP contribution in [0.5, 0.6) is 23.0 Å². The van der Waals surface area contributed by atoms with Crippen LogP contribution in [-0.4, -0.2) is 45.6 Å². The lowest BCUT2D eigenvalue weighted by Crippen LogP contribution is -2.46. The van der Waals surface area contributed by atoms with Gasteiger partial charge in [-0.3, -0.25) is 0 Å². The Kier molecular flexibility index (Phi) is 9.14. The van der Waals surface area contributed by atoms with Gasteiger partial charge in [0.2, 0.25) is 0 Å². The van der Waals surface area contributed by atoms with Gasteiger partial charge < -0.3 is 28.6 Å². The van der Waals surface area contributed by atoms with Crippen LogP contribution in [0.4, 0.5) is 0 Å². The van der Waals surface area contributed by atoms with Crippen molar-refractivity contribution in [3.8, 4) is 34.1 Å². The molecule has 4 aromatic carbocycles. The molecule has 1 unspecified atom stereocenters. The number of hydrogen-bond acceptors (Lipinski definition) is 8. The predicted octanol–water partition coefficient (Wildman–Crippen LogP) is 8.16. The monoisotopic (exact) mass is 650 g/mol. The standard InChI is InChI=1S/C40H42O8/c1-4-39(21-42-22-39)25-44-30-10-6-28(7-11-30)20-46-48-33-15-17-35-34-16-14-32(18-36(34)27(3)37(35)19-33)47-38(41)29-8-12-31(13-9-29)45-26-40(5-2)23-43-24-40/h6-19,27H,4-5,20-26H2,1-3H3. The minimum absolute atomic E-state index is 0.0898. The van der Waals surface area contributed by atoms with E-state index in [1.54, 1.807) is 12.1 Å². The molecule has 7 rings (SSSR count). The van der Waals surface area contributed by atoms with Crippen LogP contribution in [0.1, 0.15) is 66.6 Å². The molecule has 4 aromatic rings. The second-order valence-corrected chi connectivity index (χ2v) is 13.4. The molecule has 250 valence electrons. The Labute approximate surface area is 281 Å². The van der Waals surface area contributed by atoms with E-state index in [2.05, 4.69) is 20.8 Å². The topological polar surface area (TPSA) is 81.7 Å². The van der Waals surface area contributed by atoms with Gasteiger partial charge >= 0.3 is 5.97 Å². The first kappa shape index (κ1) is 32.2. The van der Waals surface area contributed by atoms with Gasteiger partial charge in [-0.2, -0.15) is 4.89 Å². The molecule has 2 aliphatic heterocycles. The van der Waals surface area contributed by atoms with Crippen LogP contribution < -0.4 is 19.1 Å². The number of carbonyl (C=O) groups is 1. The molecule has 0 radical (unpaired) electrons. The van der Waals surface area contributed by atoms with Gasteiger partial charge in [0.1, 0.15) is 23.9 Å². The number of benzene rings is 4. The second-order valence-electron chi connectivity index (χ2n) is 13.4. The van der Waals surface area contributed by atoms with Crippen LogP contribution in [-0.2, 0) is 21.0 Å². The predicted molar refractivity (Wildman–Crippen MR) is 181 cm³/mol. The lowest BCUT2D eigenvalue weighted by atomic mass is 9.84. The van der Waals surface area contributed by atoms with Crippen molar-refractivity contribution in [2.24, 2.45) is 10.8 Å². The summed E-state index contributed by atoms with van der Waals surface area (Å²) in [7, 11) is 0. The van der Waals surface area contributed by atoms with Gasteiger partial charge in [-0.25, -0.2) is 4.79 Å². The molecule has 1 aliphatic carbocycles. The van der Waals surface area contributed by atoms with Crippen molar-refractivity contribution in [3.63, 3.8) is 0 Å². The summed E-state index contributed by atoms with van der Waals surface area (Å²) < 4.78 is 28.5. The van der Waals surface area contributed by atoms with Gasteiger partial charge in [0, 0.05) is 5.92 Å². The van der Waals surface area contributed by atoms with Crippen LogP contribution in [0, 0.1) is 10.8 Å². The zero-order valence-corrected chi connectivity index (χ0v) is 27.8. The Balaban J connectivity index is 0.913. The number of rotatable bonds is 14. The Morgan fingerprint density at radius 3 is 1.71 bits per heavy atom. The summed E-state index contributed by atoms with van der Waals surface area (Å²) in [5.74, 6) is 2.38. The zero-order chi connectivity index (χ0) is 33.1. The highest BCUT2D eigenvalue weighted by atomic mass is 17.2. The van der Waals surface area contributed by atoms with Crippen molar-refractivity contribution in [1.82, 2.24) is 0 Å². The van der Waals surface area contributed by atoms with E-state index >= 15 is 0 Å². The molecule has 3 aliphatic rings. The van der Waals surface area contributed by atoms with Crippen LogP contribution in [0.3, 0.4) is 0 Å². The van der Waals surface area contributed by atoms with E-state index in [1.807, 2.05) is 72.8 Å². The highest BCUT2D eigenvalue weighted by molar-refractivity contribution is 5.91. The van der Waals surface area contributed by atoms with E-state index in [4.69, 9.17) is 33.5 Å². The normalized spacial score (nSPS) is 18.1. The number of hydrogen-bond donors (Lipinski definition) is 0. The molecular weight excluding hydrogens is 608 g/mol. The fraction of sp³-hybridized carbons (Fsp3) is 0.375. The largest absolute Gasteiger partial charge is 0.493 e. The average Bonchev–Trinajstić information content (AvgIpc) is 3.35. The van der Waals surface area contributed by atoms with E-state index in [0.717, 1.165) is 78.6 Å². The molecule has 0 aromatic heterocycles. The maximum atomic E-state index is 13.0. The van der Waals surface area contributed by atoms with E-state index in [-0.39, 0.29) is 16.7 Å². The SMILES string of the molecule is CCC1(COc2ccc(COOc3ccc4c(c3)C(C)c3cc(OC(=O)c5ccc(OCC6(CC)COC6)cc5)ccc3-4)cc2)COC1. The van der Waals surface area contributed by atoms with Gasteiger partial charge in [-0.1, -0.05) is 45.0 Å². The van der Waals surface area contributed by atoms with Gasteiger partial charge in [0.25, 0.3) is 0 Å². The highest BCUT2D eigenvalue weighted by Gasteiger charge is 2.38. The van der Waals surface area contributed by atoms with Crippen molar-refractivity contribution in [2.45, 2.75) is 46.1 Å². The molecule has 2 saturated heterocycles. The summed E-state index contributed by atoms with van der Waals surface area (Å²) in [5, 5.41) is 0. The molecule has 0 saturated carbocycles. The molecular formula is C40H42O8. The van der Waals surface area contributed by atoms with Gasteiger partial charge in [-0.05, 0) is 101 Å². The van der Waals surface area contributed by atoms with Crippen LogP contribution in [0.15, 0.2) is 84.9 Å². The maximum absolute atomic E-state index is 13.0. The Bertz CT molecular complexity index is 1730. The number of esters is 1. The van der Waals surface area contributed by atoms with E-state index in [1.165, 1.54) is 0 Å². The maximum Gasteiger partial charge on any atom is 0.343 e. The third-order valence-corrected chi connectivity index (χ3v) is 10.1. The molecule has 2 heterocycles. The molecule has 0 amide bonds. The van der Waals surface area contributed by atoms with Crippen molar-refractivity contribution < 1.29 is 38.3 Å². The summed E-state index contributed by atoms with van der Waals surface area (Å²) in [5.41, 5.74) is 6.16. The highest BCUT2D eigenvalue weighted by Crippen LogP contribution is 2.47. The summed E-state index contributed by atoms with van der Waals surface area (Å²) >= 11 is 0. The minimum atomic E-state index is -0.411. The first-order valence-corrected chi connectivity index (χ1v) is 16.8. The van der Waals surface area contributed by atoms with Gasteiger partial charge in [-0.15, -0.1) is 0 Å². The van der Waals surface area contributed by atoms with Crippen LogP contribution in [0.25, 0.3) is 11.1 Å². The molecule has 0 N–H and O–H groups in total. The van der Waals surface area contributed by atoms with Gasteiger partial charge in [0.05, 0.1) is 56.0 Å². The van der Waals surface area contributed by atoms with Crippen molar-refractivity contribution in [1.29, 1.82) is 0 Å². The third kappa shape index (κ3) is 6.65. The van der Waals surface area contributed by atoms with Crippen molar-refractivity contribution in [3.05, 3.63) is 107 Å². The number of fused-ring (bicyclic) bond motifs is 3. The summed E-state index contributed by atoms with van der Waals surface area (Å²) in [4.78, 5) is 24.3. The smallest absolute Gasteiger partial charge is 0.343 e. The van der Waals surface area contributed by atoms with Crippen molar-refractivity contribution >= 4 is 5.97 Å². The summed E-state index contributed by atoms with van der Waals surface area (Å²) in [6.45, 7) is 11.0. The Morgan fingerprint density at radius 2 is 1.19 bits per heavy atom. The fourth-order valence-electron chi connectivity index (χ4n) is 6.31. The molecule has 48 heavy (non-hydrogen) atoms. The average molecular weight is 651 g/mol. The number of carbonyl (C=O) groups excluding carboxylic acids is 1. The molecule has 8 heteroatoms. The molecule has 8 nitrogen and oxygen atoms in total. The Morgan fingerprint density at radius 1 is 0.688 bits per heavy atom. The molecule has 2 fully saturated rings. The van der Waals surface area contributed by atoms with Crippen LogP contribution in [0.2, 0.25) is 0 Å². The van der Waals surface area contributed by atoms with E-state index in [0.29, 0.717) is 36.9 Å². The van der Waals surface area contributed by atoms with Crippen molar-refractivity contribution in [2.75, 3.05) is 39.6 Å². The fourth-order valence-corrected chi connectivity index (χ4v) is 6.31. The summed E-state index contributed by atoms with van der Waals surface area (Å²) in [6.07, 6.45) is 2.05. The number of ether oxygens (including phenoxy) is 5. The van der Waals surface area contributed by atoms with E-state index in [9.17, 15) is 4.79 Å². The first-order chi connectivity index (χ1) is 23.4. The third-order valence-electron chi connectivity index (χ3n) is 10.1. The molecule has 1 atom stereocenters. The molecule has 0 spiro atoms. The zero-order valence-electron chi connectivity index (χ0n) is 27.8. The summed E-state index contributed by atoms with van der Waals surface area (Å²) in [6, 6.07) is 26.8. The Hall–Kier alpha value is -4.37. The first-order valence-electron chi connectivity index (χ1n) is 16.8. The minimum Gasteiger partial charge on any atom is -0.493 e. The quantitative estimate of drug-likeness (QED) is 0.0585.